The van der Waals surface area contributed by atoms with Crippen LogP contribution in [0.5, 0.6) is 5.75 Å². The molecule has 0 aliphatic heterocycles. The first-order valence-electron chi connectivity index (χ1n) is 6.79. The molecule has 1 N–H and O–H groups in total. The van der Waals surface area contributed by atoms with Crippen LogP contribution in [0.15, 0.2) is 18.2 Å². The molecule has 2 atom stereocenters. The second kappa shape index (κ2) is 6.37. The van der Waals surface area contributed by atoms with Crippen LogP contribution in [0, 0.1) is 0 Å². The standard InChI is InChI=1S/C15H23NO3/c1-4-16(7-8-18-2)14-9-11-5-6-12(19-3)10-13(11)15(14)17/h5-6,10,14-15,17H,4,7-9H2,1-3H3. The monoisotopic (exact) mass is 265 g/mol. The molecule has 1 aromatic carbocycles. The van der Waals surface area contributed by atoms with Crippen LogP contribution in [-0.2, 0) is 11.2 Å². The van der Waals surface area contributed by atoms with Crippen LogP contribution in [0.4, 0.5) is 0 Å². The first-order valence-corrected chi connectivity index (χ1v) is 6.79. The molecule has 0 bridgehead atoms. The lowest BCUT2D eigenvalue weighted by Crippen LogP contribution is -2.40. The number of nitrogens with zero attached hydrogens (tertiary/aromatic N) is 1. The summed E-state index contributed by atoms with van der Waals surface area (Å²) in [6.07, 6.45) is 0.444. The molecule has 4 nitrogen and oxygen atoms in total. The first kappa shape index (κ1) is 14.3. The average molecular weight is 265 g/mol. The maximum atomic E-state index is 10.5. The van der Waals surface area contributed by atoms with Gasteiger partial charge in [-0.15, -0.1) is 0 Å². The van der Waals surface area contributed by atoms with E-state index < -0.39 is 6.10 Å². The Labute approximate surface area is 114 Å². The molecule has 0 amide bonds. The Kier molecular flexibility index (Phi) is 4.80. The van der Waals surface area contributed by atoms with Crippen LogP contribution >= 0.6 is 0 Å². The number of ether oxygens (including phenoxy) is 2. The summed E-state index contributed by atoms with van der Waals surface area (Å²) in [5.41, 5.74) is 2.22. The summed E-state index contributed by atoms with van der Waals surface area (Å²) in [5, 5.41) is 10.5. The van der Waals surface area contributed by atoms with Crippen LogP contribution in [0.1, 0.15) is 24.2 Å². The maximum Gasteiger partial charge on any atom is 0.119 e. The molecule has 0 spiro atoms. The van der Waals surface area contributed by atoms with Crippen LogP contribution in [-0.4, -0.2) is 50.0 Å². The zero-order valence-electron chi connectivity index (χ0n) is 11.9. The van der Waals surface area contributed by atoms with E-state index in [0.29, 0.717) is 6.61 Å². The first-order chi connectivity index (χ1) is 9.21. The summed E-state index contributed by atoms with van der Waals surface area (Å²) in [4.78, 5) is 2.28. The van der Waals surface area contributed by atoms with E-state index in [-0.39, 0.29) is 6.04 Å². The summed E-state index contributed by atoms with van der Waals surface area (Å²) in [6.45, 7) is 4.57. The van der Waals surface area contributed by atoms with Gasteiger partial charge in [-0.25, -0.2) is 0 Å². The van der Waals surface area contributed by atoms with Crippen LogP contribution in [0.2, 0.25) is 0 Å². The van der Waals surface area contributed by atoms with Gasteiger partial charge in [-0.05, 0) is 36.2 Å². The number of benzene rings is 1. The lowest BCUT2D eigenvalue weighted by Gasteiger charge is -2.29. The van der Waals surface area contributed by atoms with Crippen molar-refractivity contribution in [1.82, 2.24) is 4.90 Å². The van der Waals surface area contributed by atoms with E-state index in [9.17, 15) is 5.11 Å². The highest BCUT2D eigenvalue weighted by Crippen LogP contribution is 2.36. The molecule has 1 aromatic rings. The Balaban J connectivity index is 2.14. The van der Waals surface area contributed by atoms with Crippen molar-refractivity contribution in [1.29, 1.82) is 0 Å². The van der Waals surface area contributed by atoms with Gasteiger partial charge in [0.25, 0.3) is 0 Å². The van der Waals surface area contributed by atoms with E-state index in [0.717, 1.165) is 30.8 Å². The predicted molar refractivity (Wildman–Crippen MR) is 74.6 cm³/mol. The van der Waals surface area contributed by atoms with Crippen molar-refractivity contribution in [3.05, 3.63) is 29.3 Å². The molecular formula is C15H23NO3. The fraction of sp³-hybridized carbons (Fsp3) is 0.600. The van der Waals surface area contributed by atoms with Crippen molar-refractivity contribution in [2.45, 2.75) is 25.5 Å². The van der Waals surface area contributed by atoms with Gasteiger partial charge in [-0.1, -0.05) is 13.0 Å². The van der Waals surface area contributed by atoms with Gasteiger partial charge >= 0.3 is 0 Å². The van der Waals surface area contributed by atoms with E-state index >= 15 is 0 Å². The third kappa shape index (κ3) is 2.91. The number of hydrogen-bond acceptors (Lipinski definition) is 4. The number of likely N-dealkylation sites (N-methyl/N-ethyl adjacent to an activating group) is 1. The largest absolute Gasteiger partial charge is 0.497 e. The van der Waals surface area contributed by atoms with Crippen molar-refractivity contribution in [2.75, 3.05) is 33.9 Å². The second-order valence-electron chi connectivity index (χ2n) is 4.90. The zero-order valence-corrected chi connectivity index (χ0v) is 11.9. The minimum atomic E-state index is -0.443. The smallest absolute Gasteiger partial charge is 0.119 e. The van der Waals surface area contributed by atoms with E-state index in [4.69, 9.17) is 9.47 Å². The summed E-state index contributed by atoms with van der Waals surface area (Å²) >= 11 is 0. The third-order valence-electron chi connectivity index (χ3n) is 3.92. The summed E-state index contributed by atoms with van der Waals surface area (Å²) < 4.78 is 10.4. The second-order valence-corrected chi connectivity index (χ2v) is 4.90. The van der Waals surface area contributed by atoms with Gasteiger partial charge in [0.1, 0.15) is 5.75 Å². The van der Waals surface area contributed by atoms with Gasteiger partial charge in [0.15, 0.2) is 0 Å². The quantitative estimate of drug-likeness (QED) is 0.848. The van der Waals surface area contributed by atoms with Crippen LogP contribution in [0.25, 0.3) is 0 Å². The normalized spacial score (nSPS) is 21.7. The van der Waals surface area contributed by atoms with Gasteiger partial charge in [-0.2, -0.15) is 0 Å². The van der Waals surface area contributed by atoms with E-state index in [1.54, 1.807) is 14.2 Å². The van der Waals surface area contributed by atoms with Crippen LogP contribution < -0.4 is 4.74 Å². The fourth-order valence-electron chi connectivity index (χ4n) is 2.80. The van der Waals surface area contributed by atoms with Gasteiger partial charge in [-0.3, -0.25) is 4.90 Å². The number of rotatable bonds is 6. The highest BCUT2D eigenvalue weighted by molar-refractivity contribution is 5.41. The van der Waals surface area contributed by atoms with Crippen molar-refractivity contribution in [2.24, 2.45) is 0 Å². The highest BCUT2D eigenvalue weighted by Gasteiger charge is 2.34. The fourth-order valence-corrected chi connectivity index (χ4v) is 2.80. The van der Waals surface area contributed by atoms with Crippen molar-refractivity contribution < 1.29 is 14.6 Å². The van der Waals surface area contributed by atoms with E-state index in [1.807, 2.05) is 12.1 Å². The summed E-state index contributed by atoms with van der Waals surface area (Å²) in [7, 11) is 3.36. The molecular weight excluding hydrogens is 242 g/mol. The minimum Gasteiger partial charge on any atom is -0.497 e. The topological polar surface area (TPSA) is 41.9 Å². The number of hydrogen-bond donors (Lipinski definition) is 1. The molecule has 0 saturated heterocycles. The molecule has 0 heterocycles. The lowest BCUT2D eigenvalue weighted by molar-refractivity contribution is 0.0466. The predicted octanol–water partition coefficient (Wildman–Crippen LogP) is 1.62. The van der Waals surface area contributed by atoms with Gasteiger partial charge in [0, 0.05) is 19.7 Å². The molecule has 1 aliphatic rings. The Morgan fingerprint density at radius 2 is 2.16 bits per heavy atom. The minimum absolute atomic E-state index is 0.141. The van der Waals surface area contributed by atoms with E-state index in [2.05, 4.69) is 17.9 Å². The molecule has 19 heavy (non-hydrogen) atoms. The molecule has 0 aromatic heterocycles. The number of methoxy groups -OCH3 is 2. The van der Waals surface area contributed by atoms with Gasteiger partial charge in [0.05, 0.1) is 19.8 Å². The van der Waals surface area contributed by atoms with Crippen molar-refractivity contribution in [3.63, 3.8) is 0 Å². The molecule has 106 valence electrons. The van der Waals surface area contributed by atoms with Crippen molar-refractivity contribution >= 4 is 0 Å². The molecule has 0 saturated carbocycles. The number of fused-ring (bicyclic) bond motifs is 1. The Morgan fingerprint density at radius 1 is 1.37 bits per heavy atom. The molecule has 4 heteroatoms. The summed E-state index contributed by atoms with van der Waals surface area (Å²) in [5.74, 6) is 0.804. The van der Waals surface area contributed by atoms with Crippen LogP contribution in [0.3, 0.4) is 0 Å². The molecule has 0 radical (unpaired) electrons. The number of aliphatic hydroxyl groups excluding tert-OH is 1. The van der Waals surface area contributed by atoms with E-state index in [1.165, 1.54) is 5.56 Å². The maximum absolute atomic E-state index is 10.5. The molecule has 0 fully saturated rings. The molecule has 2 unspecified atom stereocenters. The Bertz CT molecular complexity index is 422. The summed E-state index contributed by atoms with van der Waals surface area (Å²) in [6, 6.07) is 6.10. The lowest BCUT2D eigenvalue weighted by atomic mass is 10.1. The number of aliphatic hydroxyl groups is 1. The van der Waals surface area contributed by atoms with Crippen molar-refractivity contribution in [3.8, 4) is 5.75 Å². The Hall–Kier alpha value is -1.10. The average Bonchev–Trinajstić information content (AvgIpc) is 2.77. The molecule has 2 rings (SSSR count). The Morgan fingerprint density at radius 3 is 2.79 bits per heavy atom. The zero-order chi connectivity index (χ0) is 13.8. The van der Waals surface area contributed by atoms with Gasteiger partial charge in [0.2, 0.25) is 0 Å². The molecule has 1 aliphatic carbocycles. The highest BCUT2D eigenvalue weighted by atomic mass is 16.5. The van der Waals surface area contributed by atoms with Gasteiger partial charge < -0.3 is 14.6 Å². The SMILES string of the molecule is CCN(CCOC)C1Cc2ccc(OC)cc2C1O. The third-order valence-corrected chi connectivity index (χ3v) is 3.92.